The quantitative estimate of drug-likeness (QED) is 0.732. The third-order valence-electron chi connectivity index (χ3n) is 5.28. The van der Waals surface area contributed by atoms with E-state index in [1.54, 1.807) is 13.4 Å². The van der Waals surface area contributed by atoms with Crippen LogP contribution in [0.4, 0.5) is 0 Å². The number of furan rings is 1. The zero-order valence-corrected chi connectivity index (χ0v) is 17.9. The highest BCUT2D eigenvalue weighted by Crippen LogP contribution is 2.37. The van der Waals surface area contributed by atoms with Gasteiger partial charge in [0.05, 0.1) is 19.6 Å². The van der Waals surface area contributed by atoms with Crippen LogP contribution in [0.3, 0.4) is 0 Å². The minimum absolute atomic E-state index is 0.525. The minimum Gasteiger partial charge on any atom is -0.497 e. The van der Waals surface area contributed by atoms with E-state index in [4.69, 9.17) is 13.7 Å². The number of aryl methyl sites for hydroxylation is 1. The lowest BCUT2D eigenvalue weighted by molar-refractivity contribution is 0.213. The maximum Gasteiger partial charge on any atom is 0.261 e. The van der Waals surface area contributed by atoms with Crippen LogP contribution in [0.2, 0.25) is 0 Å². The van der Waals surface area contributed by atoms with Crippen LogP contribution in [0, 0.1) is 0 Å². The van der Waals surface area contributed by atoms with Crippen molar-refractivity contribution >= 4 is 10.1 Å². The molecule has 7 heteroatoms. The molecule has 2 aromatic rings. The molecule has 1 N–H and O–H groups in total. The average Bonchev–Trinajstić information content (AvgIpc) is 3.16. The molecule has 0 spiro atoms. The van der Waals surface area contributed by atoms with Gasteiger partial charge >= 0.3 is 0 Å². The van der Waals surface area contributed by atoms with Gasteiger partial charge in [-0.25, -0.2) is 0 Å². The normalized spacial score (nSPS) is 17.4. The first-order valence-corrected chi connectivity index (χ1v) is 11.4. The molecule has 1 aromatic heterocycles. The van der Waals surface area contributed by atoms with E-state index in [9.17, 15) is 8.42 Å². The molecule has 1 aliphatic carbocycles. The van der Waals surface area contributed by atoms with Crippen LogP contribution in [0.25, 0.3) is 0 Å². The standard InChI is InChI=1S/C20H27NO2.CH4O3S/c1-15(21(2)12-11-17-7-5-13-23-17)19-8-4-6-16-14-18(22-3)9-10-20(16)19;1-5(2,3)4/h5,7,9-10,13-15,19H,4,6,8,11-12H2,1-3H3;1H3,(H,2,3,4). The van der Waals surface area contributed by atoms with Crippen molar-refractivity contribution in [3.05, 3.63) is 53.5 Å². The van der Waals surface area contributed by atoms with E-state index in [1.807, 2.05) is 6.07 Å². The molecule has 0 aliphatic heterocycles. The van der Waals surface area contributed by atoms with Crippen LogP contribution in [-0.2, 0) is 23.0 Å². The molecule has 0 bridgehead atoms. The van der Waals surface area contributed by atoms with Gasteiger partial charge in [0.15, 0.2) is 0 Å². The highest BCUT2D eigenvalue weighted by atomic mass is 32.2. The second-order valence-corrected chi connectivity index (χ2v) is 8.81. The lowest BCUT2D eigenvalue weighted by Gasteiger charge is -2.36. The topological polar surface area (TPSA) is 80.0 Å². The van der Waals surface area contributed by atoms with Gasteiger partial charge in [0, 0.05) is 19.0 Å². The van der Waals surface area contributed by atoms with Crippen molar-refractivity contribution < 1.29 is 22.1 Å². The van der Waals surface area contributed by atoms with Crippen molar-refractivity contribution in [2.45, 2.75) is 44.6 Å². The molecule has 156 valence electrons. The number of rotatable bonds is 6. The van der Waals surface area contributed by atoms with Gasteiger partial charge < -0.3 is 14.1 Å². The minimum atomic E-state index is -3.67. The fourth-order valence-electron chi connectivity index (χ4n) is 3.71. The van der Waals surface area contributed by atoms with Crippen molar-refractivity contribution in [2.75, 3.05) is 27.0 Å². The molecule has 2 unspecified atom stereocenters. The Balaban J connectivity index is 0.000000500. The molecule has 1 aliphatic rings. The molecule has 6 nitrogen and oxygen atoms in total. The predicted molar refractivity (Wildman–Crippen MR) is 111 cm³/mol. The monoisotopic (exact) mass is 409 g/mol. The Bertz CT molecular complexity index is 824. The second-order valence-electron chi connectivity index (χ2n) is 7.35. The number of hydrogen-bond donors (Lipinski definition) is 1. The van der Waals surface area contributed by atoms with E-state index >= 15 is 0 Å². The van der Waals surface area contributed by atoms with Crippen LogP contribution in [-0.4, -0.2) is 50.9 Å². The van der Waals surface area contributed by atoms with Gasteiger partial charge in [0.25, 0.3) is 10.1 Å². The average molecular weight is 410 g/mol. The molecular formula is C21H31NO5S. The molecule has 0 amide bonds. The van der Waals surface area contributed by atoms with Gasteiger partial charge in [0.1, 0.15) is 11.5 Å². The third kappa shape index (κ3) is 6.96. The summed E-state index contributed by atoms with van der Waals surface area (Å²) in [5.74, 6) is 2.65. The summed E-state index contributed by atoms with van der Waals surface area (Å²) < 4.78 is 36.7. The lowest BCUT2D eigenvalue weighted by Crippen LogP contribution is -2.37. The molecule has 0 radical (unpaired) electrons. The fourth-order valence-corrected chi connectivity index (χ4v) is 3.71. The maximum absolute atomic E-state index is 9.19. The first-order chi connectivity index (χ1) is 13.2. The summed E-state index contributed by atoms with van der Waals surface area (Å²) in [5.41, 5.74) is 2.97. The number of hydrogen-bond acceptors (Lipinski definition) is 5. The van der Waals surface area contributed by atoms with E-state index in [0.717, 1.165) is 24.5 Å². The van der Waals surface area contributed by atoms with Crippen LogP contribution >= 0.6 is 0 Å². The number of likely N-dealkylation sites (N-methyl/N-ethyl adjacent to an activating group) is 1. The first kappa shape index (κ1) is 22.5. The van der Waals surface area contributed by atoms with Crippen molar-refractivity contribution in [1.29, 1.82) is 0 Å². The molecule has 0 fully saturated rings. The summed E-state index contributed by atoms with van der Waals surface area (Å²) >= 11 is 0. The van der Waals surface area contributed by atoms with Crippen LogP contribution in [0.15, 0.2) is 41.0 Å². The van der Waals surface area contributed by atoms with E-state index in [2.05, 4.69) is 43.1 Å². The number of methoxy groups -OCH3 is 1. The van der Waals surface area contributed by atoms with Crippen molar-refractivity contribution in [3.8, 4) is 5.75 Å². The number of fused-ring (bicyclic) bond motifs is 1. The Morgan fingerprint density at radius 2 is 2.07 bits per heavy atom. The van der Waals surface area contributed by atoms with Gasteiger partial charge in [-0.15, -0.1) is 0 Å². The molecule has 0 saturated heterocycles. The zero-order valence-electron chi connectivity index (χ0n) is 17.1. The highest BCUT2D eigenvalue weighted by molar-refractivity contribution is 7.85. The van der Waals surface area contributed by atoms with Crippen molar-refractivity contribution in [3.63, 3.8) is 0 Å². The van der Waals surface area contributed by atoms with Gasteiger partial charge in [-0.2, -0.15) is 8.42 Å². The molecule has 2 atom stereocenters. The van der Waals surface area contributed by atoms with E-state index < -0.39 is 10.1 Å². The summed E-state index contributed by atoms with van der Waals surface area (Å²) in [4.78, 5) is 2.46. The summed E-state index contributed by atoms with van der Waals surface area (Å²) in [6, 6.07) is 11.1. The Morgan fingerprint density at radius 3 is 2.68 bits per heavy atom. The Kier molecular flexibility index (Phi) is 8.10. The molecule has 0 saturated carbocycles. The smallest absolute Gasteiger partial charge is 0.261 e. The van der Waals surface area contributed by atoms with Crippen LogP contribution in [0.5, 0.6) is 5.75 Å². The first-order valence-electron chi connectivity index (χ1n) is 9.51. The van der Waals surface area contributed by atoms with Crippen molar-refractivity contribution in [1.82, 2.24) is 4.90 Å². The maximum atomic E-state index is 9.19. The molecule has 28 heavy (non-hydrogen) atoms. The summed E-state index contributed by atoms with van der Waals surface area (Å²) in [6.45, 7) is 3.38. The SMILES string of the molecule is COc1ccc2c(c1)CCCC2C(C)N(C)CCc1ccco1.CS(=O)(=O)O. The Labute approximate surface area is 168 Å². The summed E-state index contributed by atoms with van der Waals surface area (Å²) in [7, 11) is 0.304. The molecular weight excluding hydrogens is 378 g/mol. The molecule has 1 aromatic carbocycles. The largest absolute Gasteiger partial charge is 0.497 e. The number of nitrogens with zero attached hydrogens (tertiary/aromatic N) is 1. The van der Waals surface area contributed by atoms with Crippen LogP contribution < -0.4 is 4.74 Å². The van der Waals surface area contributed by atoms with Gasteiger partial charge in [-0.1, -0.05) is 6.07 Å². The number of benzene rings is 1. The van der Waals surface area contributed by atoms with E-state index in [-0.39, 0.29) is 0 Å². The fraction of sp³-hybridized carbons (Fsp3) is 0.524. The summed E-state index contributed by atoms with van der Waals surface area (Å²) in [6.07, 6.45) is 7.14. The summed E-state index contributed by atoms with van der Waals surface area (Å²) in [5, 5.41) is 0. The van der Waals surface area contributed by atoms with Gasteiger partial charge in [0.2, 0.25) is 0 Å². The number of ether oxygens (including phenoxy) is 1. The van der Waals surface area contributed by atoms with E-state index in [0.29, 0.717) is 18.2 Å². The Morgan fingerprint density at radius 1 is 1.36 bits per heavy atom. The molecule has 1 heterocycles. The van der Waals surface area contributed by atoms with E-state index in [1.165, 1.54) is 30.4 Å². The zero-order chi connectivity index (χ0) is 20.7. The van der Waals surface area contributed by atoms with Gasteiger partial charge in [-0.3, -0.25) is 4.55 Å². The third-order valence-corrected chi connectivity index (χ3v) is 5.28. The lowest BCUT2D eigenvalue weighted by atomic mass is 9.78. The van der Waals surface area contributed by atoms with Crippen molar-refractivity contribution in [2.24, 2.45) is 0 Å². The Hall–Kier alpha value is -1.83. The highest BCUT2D eigenvalue weighted by Gasteiger charge is 2.27. The van der Waals surface area contributed by atoms with Gasteiger partial charge in [-0.05, 0) is 74.5 Å². The predicted octanol–water partition coefficient (Wildman–Crippen LogP) is 3.78. The van der Waals surface area contributed by atoms with Crippen LogP contribution in [0.1, 0.15) is 42.6 Å². The second kappa shape index (κ2) is 10.1. The molecule has 3 rings (SSSR count).